The Bertz CT molecular complexity index is 679. The molecule has 6 heteroatoms. The molecule has 23 heavy (non-hydrogen) atoms. The molecule has 0 saturated carbocycles. The zero-order valence-electron chi connectivity index (χ0n) is 14.0. The van der Waals surface area contributed by atoms with Crippen LogP contribution in [0.5, 0.6) is 0 Å². The molecule has 1 aromatic heterocycles. The molecule has 0 saturated heterocycles. The molecule has 0 fully saturated rings. The zero-order chi connectivity index (χ0) is 17.0. The molecule has 0 amide bonds. The molecule has 2 N–H and O–H groups in total. The Morgan fingerprint density at radius 3 is 2.57 bits per heavy atom. The van der Waals surface area contributed by atoms with Gasteiger partial charge in [-0.1, -0.05) is 19.1 Å². The standard InChI is InChI=1S/C17H23FN4S/c1-5-11(2)19-17(23)20-16-12(3)21-22(13(16)4)10-14-6-8-15(18)9-7-14/h6-9,11H,5,10H2,1-4H3,(H2,19,20,23). The molecule has 0 aliphatic carbocycles. The summed E-state index contributed by atoms with van der Waals surface area (Å²) in [6.45, 7) is 8.74. The van der Waals surface area contributed by atoms with Crippen molar-refractivity contribution >= 4 is 23.0 Å². The lowest BCUT2D eigenvalue weighted by Crippen LogP contribution is -2.35. The van der Waals surface area contributed by atoms with Crippen molar-refractivity contribution in [2.45, 2.75) is 46.7 Å². The topological polar surface area (TPSA) is 41.9 Å². The Morgan fingerprint density at radius 2 is 1.96 bits per heavy atom. The molecule has 124 valence electrons. The van der Waals surface area contributed by atoms with E-state index in [9.17, 15) is 4.39 Å². The van der Waals surface area contributed by atoms with Crippen molar-refractivity contribution < 1.29 is 4.39 Å². The van der Waals surface area contributed by atoms with Crippen LogP contribution in [-0.4, -0.2) is 20.9 Å². The number of anilines is 1. The highest BCUT2D eigenvalue weighted by molar-refractivity contribution is 7.80. The Morgan fingerprint density at radius 1 is 1.30 bits per heavy atom. The molecule has 1 unspecified atom stereocenters. The fourth-order valence-electron chi connectivity index (χ4n) is 2.27. The van der Waals surface area contributed by atoms with E-state index in [1.54, 1.807) is 12.1 Å². The van der Waals surface area contributed by atoms with Crippen LogP contribution in [0.25, 0.3) is 0 Å². The number of hydrogen-bond acceptors (Lipinski definition) is 2. The molecular formula is C17H23FN4S. The summed E-state index contributed by atoms with van der Waals surface area (Å²) in [5, 5.41) is 11.6. The van der Waals surface area contributed by atoms with Crippen LogP contribution in [-0.2, 0) is 6.54 Å². The third-order valence-electron chi connectivity index (χ3n) is 3.86. The minimum absolute atomic E-state index is 0.231. The lowest BCUT2D eigenvalue weighted by molar-refractivity contribution is 0.622. The van der Waals surface area contributed by atoms with Crippen molar-refractivity contribution in [3.8, 4) is 0 Å². The van der Waals surface area contributed by atoms with E-state index in [2.05, 4.69) is 29.6 Å². The van der Waals surface area contributed by atoms with Crippen LogP contribution >= 0.6 is 12.2 Å². The number of nitrogens with zero attached hydrogens (tertiary/aromatic N) is 2. The van der Waals surface area contributed by atoms with Gasteiger partial charge in [-0.2, -0.15) is 5.10 Å². The number of benzene rings is 1. The van der Waals surface area contributed by atoms with Crippen molar-refractivity contribution in [2.75, 3.05) is 5.32 Å². The third kappa shape index (κ3) is 4.51. The minimum Gasteiger partial charge on any atom is -0.360 e. The van der Waals surface area contributed by atoms with Crippen LogP contribution in [0, 0.1) is 19.7 Å². The number of aryl methyl sites for hydroxylation is 1. The summed E-state index contributed by atoms with van der Waals surface area (Å²) in [7, 11) is 0. The van der Waals surface area contributed by atoms with Gasteiger partial charge in [-0.25, -0.2) is 4.39 Å². The maximum atomic E-state index is 13.0. The average Bonchev–Trinajstić information content (AvgIpc) is 2.77. The summed E-state index contributed by atoms with van der Waals surface area (Å²) in [5.41, 5.74) is 3.81. The molecule has 2 aromatic rings. The van der Waals surface area contributed by atoms with E-state index in [-0.39, 0.29) is 5.82 Å². The van der Waals surface area contributed by atoms with Crippen molar-refractivity contribution in [1.82, 2.24) is 15.1 Å². The van der Waals surface area contributed by atoms with Crippen molar-refractivity contribution in [3.63, 3.8) is 0 Å². The highest BCUT2D eigenvalue weighted by Crippen LogP contribution is 2.20. The quantitative estimate of drug-likeness (QED) is 0.817. The van der Waals surface area contributed by atoms with E-state index >= 15 is 0 Å². The first-order valence-corrected chi connectivity index (χ1v) is 8.17. The van der Waals surface area contributed by atoms with Crippen molar-refractivity contribution in [3.05, 3.63) is 47.0 Å². The minimum atomic E-state index is -0.231. The summed E-state index contributed by atoms with van der Waals surface area (Å²) < 4.78 is 14.9. The number of rotatable bonds is 5. The SMILES string of the molecule is CCC(C)NC(=S)Nc1c(C)nn(Cc2ccc(F)cc2)c1C. The van der Waals surface area contributed by atoms with Gasteiger partial charge in [0.15, 0.2) is 5.11 Å². The maximum Gasteiger partial charge on any atom is 0.171 e. The van der Waals surface area contributed by atoms with Gasteiger partial charge in [-0.3, -0.25) is 4.68 Å². The number of nitrogens with one attached hydrogen (secondary N) is 2. The zero-order valence-corrected chi connectivity index (χ0v) is 14.8. The van der Waals surface area contributed by atoms with Crippen LogP contribution in [0.3, 0.4) is 0 Å². The Kier molecular flexibility index (Phi) is 5.71. The van der Waals surface area contributed by atoms with Crippen LogP contribution < -0.4 is 10.6 Å². The third-order valence-corrected chi connectivity index (χ3v) is 4.08. The molecular weight excluding hydrogens is 311 g/mol. The second-order valence-electron chi connectivity index (χ2n) is 5.74. The Hall–Kier alpha value is -1.95. The van der Waals surface area contributed by atoms with Gasteiger partial charge in [0.1, 0.15) is 5.82 Å². The molecule has 2 rings (SSSR count). The second-order valence-corrected chi connectivity index (χ2v) is 6.15. The maximum absolute atomic E-state index is 13.0. The number of halogens is 1. The van der Waals surface area contributed by atoms with E-state index in [4.69, 9.17) is 12.2 Å². The van der Waals surface area contributed by atoms with E-state index in [1.165, 1.54) is 12.1 Å². The molecule has 4 nitrogen and oxygen atoms in total. The molecule has 1 heterocycles. The van der Waals surface area contributed by atoms with Gasteiger partial charge in [0.05, 0.1) is 23.6 Å². The van der Waals surface area contributed by atoms with Gasteiger partial charge in [-0.15, -0.1) is 0 Å². The van der Waals surface area contributed by atoms with Crippen LogP contribution in [0.15, 0.2) is 24.3 Å². The molecule has 1 aromatic carbocycles. The predicted octanol–water partition coefficient (Wildman–Crippen LogP) is 3.77. The first-order valence-electron chi connectivity index (χ1n) is 7.76. The Labute approximate surface area is 142 Å². The van der Waals surface area contributed by atoms with Gasteiger partial charge in [0.25, 0.3) is 0 Å². The smallest absolute Gasteiger partial charge is 0.171 e. The van der Waals surface area contributed by atoms with Gasteiger partial charge in [-0.05, 0) is 57.1 Å². The second kappa shape index (κ2) is 7.55. The highest BCUT2D eigenvalue weighted by atomic mass is 32.1. The van der Waals surface area contributed by atoms with Crippen molar-refractivity contribution in [1.29, 1.82) is 0 Å². The molecule has 1 atom stereocenters. The molecule has 0 radical (unpaired) electrons. The Balaban J connectivity index is 2.12. The summed E-state index contributed by atoms with van der Waals surface area (Å²) in [6.07, 6.45) is 1.00. The predicted molar refractivity (Wildman–Crippen MR) is 96.3 cm³/mol. The summed E-state index contributed by atoms with van der Waals surface area (Å²) in [5.74, 6) is -0.231. The van der Waals surface area contributed by atoms with E-state index in [0.29, 0.717) is 17.7 Å². The molecule has 0 bridgehead atoms. The van der Waals surface area contributed by atoms with Gasteiger partial charge >= 0.3 is 0 Å². The first-order chi connectivity index (χ1) is 10.9. The molecule has 0 aliphatic heterocycles. The van der Waals surface area contributed by atoms with Gasteiger partial charge in [0, 0.05) is 6.04 Å². The van der Waals surface area contributed by atoms with Crippen LogP contribution in [0.1, 0.15) is 37.2 Å². The fraction of sp³-hybridized carbons (Fsp3) is 0.412. The summed E-state index contributed by atoms with van der Waals surface area (Å²) >= 11 is 5.35. The largest absolute Gasteiger partial charge is 0.360 e. The van der Waals surface area contributed by atoms with Crippen molar-refractivity contribution in [2.24, 2.45) is 0 Å². The summed E-state index contributed by atoms with van der Waals surface area (Å²) in [6, 6.07) is 6.79. The fourth-order valence-corrected chi connectivity index (χ4v) is 2.57. The normalized spacial score (nSPS) is 12.0. The number of thiocarbonyl (C=S) groups is 1. The highest BCUT2D eigenvalue weighted by Gasteiger charge is 2.13. The summed E-state index contributed by atoms with van der Waals surface area (Å²) in [4.78, 5) is 0. The van der Waals surface area contributed by atoms with Crippen LogP contribution in [0.2, 0.25) is 0 Å². The first kappa shape index (κ1) is 17.4. The lowest BCUT2D eigenvalue weighted by atomic mass is 10.2. The number of aromatic nitrogens is 2. The van der Waals surface area contributed by atoms with Gasteiger partial charge < -0.3 is 10.6 Å². The van der Waals surface area contributed by atoms with E-state index in [0.717, 1.165) is 29.1 Å². The van der Waals surface area contributed by atoms with E-state index in [1.807, 2.05) is 18.5 Å². The molecule has 0 spiro atoms. The number of hydrogen-bond donors (Lipinski definition) is 2. The van der Waals surface area contributed by atoms with Crippen LogP contribution in [0.4, 0.5) is 10.1 Å². The average molecular weight is 334 g/mol. The van der Waals surface area contributed by atoms with Gasteiger partial charge in [0.2, 0.25) is 0 Å². The monoisotopic (exact) mass is 334 g/mol. The lowest BCUT2D eigenvalue weighted by Gasteiger charge is -2.15. The molecule has 0 aliphatic rings. The van der Waals surface area contributed by atoms with E-state index < -0.39 is 0 Å².